The number of carbonyl (C=O) groups is 2. The van der Waals surface area contributed by atoms with Crippen molar-refractivity contribution >= 4 is 11.9 Å². The van der Waals surface area contributed by atoms with Crippen LogP contribution in [0.2, 0.25) is 0 Å². The van der Waals surface area contributed by atoms with Gasteiger partial charge in [0.15, 0.2) is 0 Å². The van der Waals surface area contributed by atoms with E-state index in [4.69, 9.17) is 9.47 Å². The van der Waals surface area contributed by atoms with E-state index in [1.807, 2.05) is 6.07 Å². The Morgan fingerprint density at radius 2 is 1.58 bits per heavy atom. The molecule has 6 nitrogen and oxygen atoms in total. The Morgan fingerprint density at radius 3 is 2.23 bits per heavy atom. The molecule has 1 fully saturated rings. The van der Waals surface area contributed by atoms with Crippen molar-refractivity contribution in [2.45, 2.75) is 12.8 Å². The summed E-state index contributed by atoms with van der Waals surface area (Å²) in [5.74, 6) is 0.377. The molecule has 1 aliphatic rings. The molecule has 0 N–H and O–H groups in total. The van der Waals surface area contributed by atoms with Crippen LogP contribution in [-0.4, -0.2) is 34.8 Å². The number of aromatic nitrogens is 1. The van der Waals surface area contributed by atoms with Gasteiger partial charge in [-0.15, -0.1) is 0 Å². The highest BCUT2D eigenvalue weighted by molar-refractivity contribution is 5.94. The Morgan fingerprint density at radius 1 is 0.903 bits per heavy atom. The summed E-state index contributed by atoms with van der Waals surface area (Å²) in [7, 11) is 0. The Labute approximate surface area is 179 Å². The standard InChI is InChI=1S/C24H21FN2O4/c25-19-6-4-17(5-7-19)23(28)27-15-12-18(13-16-27)24(29)31-21-10-8-20(9-11-21)30-22-3-1-2-14-26-22/h1-11,14,18H,12-13,15-16H2. The molecule has 0 radical (unpaired) electrons. The molecule has 1 saturated heterocycles. The lowest BCUT2D eigenvalue weighted by atomic mass is 9.96. The SMILES string of the molecule is O=C(Oc1ccc(Oc2ccccn2)cc1)C1CCN(C(=O)c2ccc(F)cc2)CC1. The van der Waals surface area contributed by atoms with Crippen LogP contribution in [-0.2, 0) is 4.79 Å². The summed E-state index contributed by atoms with van der Waals surface area (Å²) in [4.78, 5) is 30.8. The minimum Gasteiger partial charge on any atom is -0.439 e. The lowest BCUT2D eigenvalue weighted by Gasteiger charge is -2.31. The van der Waals surface area contributed by atoms with Gasteiger partial charge in [-0.05, 0) is 67.4 Å². The van der Waals surface area contributed by atoms with Gasteiger partial charge < -0.3 is 14.4 Å². The smallest absolute Gasteiger partial charge is 0.314 e. The number of hydrogen-bond acceptors (Lipinski definition) is 5. The number of carbonyl (C=O) groups excluding carboxylic acids is 2. The molecule has 0 saturated carbocycles. The number of piperidine rings is 1. The van der Waals surface area contributed by atoms with Gasteiger partial charge in [-0.3, -0.25) is 9.59 Å². The first-order chi connectivity index (χ1) is 15.1. The molecule has 31 heavy (non-hydrogen) atoms. The fourth-order valence-electron chi connectivity index (χ4n) is 3.40. The first-order valence-electron chi connectivity index (χ1n) is 10.0. The monoisotopic (exact) mass is 420 g/mol. The number of rotatable bonds is 5. The average Bonchev–Trinajstić information content (AvgIpc) is 2.81. The third kappa shape index (κ3) is 5.25. The first kappa shape index (κ1) is 20.5. The summed E-state index contributed by atoms with van der Waals surface area (Å²) in [5, 5.41) is 0. The zero-order valence-corrected chi connectivity index (χ0v) is 16.7. The highest BCUT2D eigenvalue weighted by Gasteiger charge is 2.29. The molecule has 158 valence electrons. The Hall–Kier alpha value is -3.74. The number of amides is 1. The van der Waals surface area contributed by atoms with Gasteiger partial charge in [0, 0.05) is 30.9 Å². The van der Waals surface area contributed by atoms with E-state index in [-0.39, 0.29) is 23.6 Å². The molecule has 0 spiro atoms. The van der Waals surface area contributed by atoms with Gasteiger partial charge in [0.2, 0.25) is 5.88 Å². The summed E-state index contributed by atoms with van der Waals surface area (Å²) in [6, 6.07) is 17.6. The van der Waals surface area contributed by atoms with E-state index in [0.29, 0.717) is 48.9 Å². The summed E-state index contributed by atoms with van der Waals surface area (Å²) in [6.07, 6.45) is 2.68. The molecule has 0 atom stereocenters. The number of halogens is 1. The third-order valence-electron chi connectivity index (χ3n) is 5.11. The number of esters is 1. The second-order valence-electron chi connectivity index (χ2n) is 7.24. The molecule has 4 rings (SSSR count). The van der Waals surface area contributed by atoms with E-state index < -0.39 is 0 Å². The van der Waals surface area contributed by atoms with Crippen LogP contribution in [0.3, 0.4) is 0 Å². The summed E-state index contributed by atoms with van der Waals surface area (Å²) >= 11 is 0. The second kappa shape index (κ2) is 9.38. The van der Waals surface area contributed by atoms with E-state index >= 15 is 0 Å². The number of ether oxygens (including phenoxy) is 2. The van der Waals surface area contributed by atoms with Crippen LogP contribution in [0.5, 0.6) is 17.4 Å². The van der Waals surface area contributed by atoms with Crippen molar-refractivity contribution in [1.82, 2.24) is 9.88 Å². The maximum absolute atomic E-state index is 13.0. The van der Waals surface area contributed by atoms with Gasteiger partial charge in [-0.25, -0.2) is 9.37 Å². The van der Waals surface area contributed by atoms with E-state index in [1.54, 1.807) is 47.5 Å². The van der Waals surface area contributed by atoms with Crippen molar-refractivity contribution in [3.63, 3.8) is 0 Å². The van der Waals surface area contributed by atoms with E-state index in [0.717, 1.165) is 0 Å². The lowest BCUT2D eigenvalue weighted by Crippen LogP contribution is -2.41. The largest absolute Gasteiger partial charge is 0.439 e. The van der Waals surface area contributed by atoms with Gasteiger partial charge >= 0.3 is 5.97 Å². The molecular weight excluding hydrogens is 399 g/mol. The Bertz CT molecular complexity index is 1030. The Kier molecular flexibility index (Phi) is 6.21. The van der Waals surface area contributed by atoms with E-state index in [2.05, 4.69) is 4.98 Å². The van der Waals surface area contributed by atoms with Crippen LogP contribution < -0.4 is 9.47 Å². The van der Waals surface area contributed by atoms with Crippen LogP contribution in [0.4, 0.5) is 4.39 Å². The van der Waals surface area contributed by atoms with Crippen molar-refractivity contribution in [3.8, 4) is 17.4 Å². The summed E-state index contributed by atoms with van der Waals surface area (Å²) < 4.78 is 24.2. The molecule has 0 bridgehead atoms. The minimum absolute atomic E-state index is 0.157. The summed E-state index contributed by atoms with van der Waals surface area (Å²) in [6.45, 7) is 0.902. The van der Waals surface area contributed by atoms with Gasteiger partial charge in [0.25, 0.3) is 5.91 Å². The van der Waals surface area contributed by atoms with Crippen LogP contribution in [0, 0.1) is 11.7 Å². The molecule has 7 heteroatoms. The molecule has 2 aromatic carbocycles. The number of pyridine rings is 1. The van der Waals surface area contributed by atoms with Crippen LogP contribution in [0.1, 0.15) is 23.2 Å². The normalized spacial score (nSPS) is 14.2. The predicted molar refractivity (Wildman–Crippen MR) is 111 cm³/mol. The van der Waals surface area contributed by atoms with Crippen molar-refractivity contribution in [2.75, 3.05) is 13.1 Å². The number of hydrogen-bond donors (Lipinski definition) is 0. The molecule has 1 aromatic heterocycles. The molecule has 2 heterocycles. The highest BCUT2D eigenvalue weighted by atomic mass is 19.1. The minimum atomic E-state index is -0.380. The Balaban J connectivity index is 1.28. The zero-order chi connectivity index (χ0) is 21.6. The van der Waals surface area contributed by atoms with Crippen molar-refractivity contribution < 1.29 is 23.5 Å². The number of likely N-dealkylation sites (tertiary alicyclic amines) is 1. The maximum atomic E-state index is 13.0. The van der Waals surface area contributed by atoms with Crippen molar-refractivity contribution in [3.05, 3.63) is 84.3 Å². The summed E-state index contributed by atoms with van der Waals surface area (Å²) in [5.41, 5.74) is 0.440. The van der Waals surface area contributed by atoms with Gasteiger partial charge in [0.05, 0.1) is 5.92 Å². The number of nitrogens with zero attached hydrogens (tertiary/aromatic N) is 2. The topological polar surface area (TPSA) is 68.7 Å². The molecule has 3 aromatic rings. The molecule has 1 aliphatic heterocycles. The third-order valence-corrected chi connectivity index (χ3v) is 5.11. The maximum Gasteiger partial charge on any atom is 0.314 e. The van der Waals surface area contributed by atoms with Gasteiger partial charge in [0.1, 0.15) is 17.3 Å². The highest BCUT2D eigenvalue weighted by Crippen LogP contribution is 2.25. The second-order valence-corrected chi connectivity index (χ2v) is 7.24. The molecule has 0 aliphatic carbocycles. The van der Waals surface area contributed by atoms with Gasteiger partial charge in [-0.2, -0.15) is 0 Å². The molecule has 0 unspecified atom stereocenters. The van der Waals surface area contributed by atoms with Crippen molar-refractivity contribution in [1.29, 1.82) is 0 Å². The predicted octanol–water partition coefficient (Wildman–Crippen LogP) is 4.47. The molecular formula is C24H21FN2O4. The molecule has 1 amide bonds. The van der Waals surface area contributed by atoms with Crippen molar-refractivity contribution in [2.24, 2.45) is 5.92 Å². The average molecular weight is 420 g/mol. The lowest BCUT2D eigenvalue weighted by molar-refractivity contribution is -0.140. The van der Waals surface area contributed by atoms with Crippen LogP contribution in [0.15, 0.2) is 72.9 Å². The zero-order valence-electron chi connectivity index (χ0n) is 16.7. The quantitative estimate of drug-likeness (QED) is 0.450. The number of benzene rings is 2. The van der Waals surface area contributed by atoms with E-state index in [9.17, 15) is 14.0 Å². The fourth-order valence-corrected chi connectivity index (χ4v) is 3.40. The fraction of sp³-hybridized carbons (Fsp3) is 0.208. The van der Waals surface area contributed by atoms with E-state index in [1.165, 1.54) is 24.3 Å². The van der Waals surface area contributed by atoms with Crippen LogP contribution in [0.25, 0.3) is 0 Å². The van der Waals surface area contributed by atoms with Gasteiger partial charge in [-0.1, -0.05) is 6.07 Å². The first-order valence-corrected chi connectivity index (χ1v) is 10.0. The van der Waals surface area contributed by atoms with Crippen LogP contribution >= 0.6 is 0 Å².